The first-order valence-electron chi connectivity index (χ1n) is 5.22. The van der Waals surface area contributed by atoms with E-state index >= 15 is 0 Å². The van der Waals surface area contributed by atoms with E-state index < -0.39 is 0 Å². The Morgan fingerprint density at radius 1 is 1.57 bits per heavy atom. The highest BCUT2D eigenvalue weighted by atomic mass is 16.1. The molecule has 0 bridgehead atoms. The van der Waals surface area contributed by atoms with E-state index in [1.54, 1.807) is 7.05 Å². The summed E-state index contributed by atoms with van der Waals surface area (Å²) in [5.41, 5.74) is 0.173. The van der Waals surface area contributed by atoms with Crippen molar-refractivity contribution in [2.75, 3.05) is 33.2 Å². The molecule has 2 N–H and O–H groups in total. The Bertz CT molecular complexity index is 204. The number of carbonyl (C=O) groups is 1. The molecule has 14 heavy (non-hydrogen) atoms. The van der Waals surface area contributed by atoms with E-state index in [-0.39, 0.29) is 11.4 Å². The Balaban J connectivity index is 2.38. The lowest BCUT2D eigenvalue weighted by Gasteiger charge is -2.42. The van der Waals surface area contributed by atoms with Gasteiger partial charge >= 0.3 is 0 Å². The predicted molar refractivity (Wildman–Crippen MR) is 57.2 cm³/mol. The van der Waals surface area contributed by atoms with Crippen LogP contribution in [0.15, 0.2) is 0 Å². The SMILES string of the molecule is CNC(=O)CCN1CCNCC1(C)C. The minimum Gasteiger partial charge on any atom is -0.359 e. The van der Waals surface area contributed by atoms with Gasteiger partial charge in [-0.2, -0.15) is 0 Å². The Morgan fingerprint density at radius 2 is 2.29 bits per heavy atom. The van der Waals surface area contributed by atoms with E-state index in [9.17, 15) is 4.79 Å². The number of nitrogens with zero attached hydrogens (tertiary/aromatic N) is 1. The molecule has 1 saturated heterocycles. The van der Waals surface area contributed by atoms with Crippen molar-refractivity contribution in [1.82, 2.24) is 15.5 Å². The van der Waals surface area contributed by atoms with Crippen LogP contribution in [0.2, 0.25) is 0 Å². The number of rotatable bonds is 3. The highest BCUT2D eigenvalue weighted by Gasteiger charge is 2.29. The van der Waals surface area contributed by atoms with Crippen LogP contribution in [-0.2, 0) is 4.79 Å². The van der Waals surface area contributed by atoms with Crippen LogP contribution in [0.1, 0.15) is 20.3 Å². The molecule has 4 nitrogen and oxygen atoms in total. The third-order valence-corrected chi connectivity index (χ3v) is 2.86. The molecular formula is C10H21N3O. The Morgan fingerprint density at radius 3 is 2.86 bits per heavy atom. The van der Waals surface area contributed by atoms with E-state index in [0.29, 0.717) is 6.42 Å². The predicted octanol–water partition coefficient (Wildman–Crippen LogP) is -0.194. The zero-order chi connectivity index (χ0) is 10.6. The number of amides is 1. The van der Waals surface area contributed by atoms with Gasteiger partial charge in [0.25, 0.3) is 0 Å². The number of nitrogens with one attached hydrogen (secondary N) is 2. The summed E-state index contributed by atoms with van der Waals surface area (Å²) < 4.78 is 0. The second kappa shape index (κ2) is 4.75. The van der Waals surface area contributed by atoms with Crippen molar-refractivity contribution < 1.29 is 4.79 Å². The van der Waals surface area contributed by atoms with Gasteiger partial charge in [-0.05, 0) is 13.8 Å². The Kier molecular flexibility index (Phi) is 3.89. The van der Waals surface area contributed by atoms with Crippen molar-refractivity contribution in [3.8, 4) is 0 Å². The third-order valence-electron chi connectivity index (χ3n) is 2.86. The molecule has 0 radical (unpaired) electrons. The summed E-state index contributed by atoms with van der Waals surface area (Å²) in [5, 5.41) is 6.02. The minimum absolute atomic E-state index is 0.124. The molecule has 0 aromatic rings. The summed E-state index contributed by atoms with van der Waals surface area (Å²) in [6.07, 6.45) is 0.597. The van der Waals surface area contributed by atoms with E-state index in [1.165, 1.54) is 0 Å². The lowest BCUT2D eigenvalue weighted by molar-refractivity contribution is -0.121. The maximum atomic E-state index is 11.1. The molecule has 0 aromatic heterocycles. The lowest BCUT2D eigenvalue weighted by atomic mass is 10.00. The quantitative estimate of drug-likeness (QED) is 0.662. The molecule has 4 heteroatoms. The molecular weight excluding hydrogens is 178 g/mol. The topological polar surface area (TPSA) is 44.4 Å². The smallest absolute Gasteiger partial charge is 0.221 e. The molecule has 1 rings (SSSR count). The van der Waals surface area contributed by atoms with Gasteiger partial charge in [-0.15, -0.1) is 0 Å². The first-order valence-corrected chi connectivity index (χ1v) is 5.22. The van der Waals surface area contributed by atoms with Gasteiger partial charge in [0.2, 0.25) is 5.91 Å². The average Bonchev–Trinajstić information content (AvgIpc) is 2.15. The highest BCUT2D eigenvalue weighted by Crippen LogP contribution is 2.15. The van der Waals surface area contributed by atoms with Crippen molar-refractivity contribution in [3.63, 3.8) is 0 Å². The van der Waals surface area contributed by atoms with Crippen LogP contribution in [0.25, 0.3) is 0 Å². The first-order chi connectivity index (χ1) is 6.56. The van der Waals surface area contributed by atoms with Crippen molar-refractivity contribution in [1.29, 1.82) is 0 Å². The fourth-order valence-corrected chi connectivity index (χ4v) is 1.80. The minimum atomic E-state index is 0.124. The first kappa shape index (κ1) is 11.5. The summed E-state index contributed by atoms with van der Waals surface area (Å²) >= 11 is 0. The summed E-state index contributed by atoms with van der Waals surface area (Å²) in [7, 11) is 1.69. The Labute approximate surface area is 86.0 Å². The fourth-order valence-electron chi connectivity index (χ4n) is 1.80. The highest BCUT2D eigenvalue weighted by molar-refractivity contribution is 5.75. The number of carbonyl (C=O) groups excluding carboxylic acids is 1. The molecule has 0 saturated carbocycles. The molecule has 0 aliphatic carbocycles. The second-order valence-electron chi connectivity index (χ2n) is 4.40. The molecule has 0 unspecified atom stereocenters. The molecule has 0 aromatic carbocycles. The van der Waals surface area contributed by atoms with Crippen LogP contribution in [0.3, 0.4) is 0 Å². The van der Waals surface area contributed by atoms with Crippen LogP contribution < -0.4 is 10.6 Å². The van der Waals surface area contributed by atoms with Crippen molar-refractivity contribution >= 4 is 5.91 Å². The van der Waals surface area contributed by atoms with Gasteiger partial charge in [0.15, 0.2) is 0 Å². The van der Waals surface area contributed by atoms with Gasteiger partial charge in [0, 0.05) is 45.2 Å². The van der Waals surface area contributed by atoms with Gasteiger partial charge in [-0.25, -0.2) is 0 Å². The Hall–Kier alpha value is -0.610. The zero-order valence-corrected chi connectivity index (χ0v) is 9.39. The maximum Gasteiger partial charge on any atom is 0.221 e. The lowest BCUT2D eigenvalue weighted by Crippen LogP contribution is -2.58. The molecule has 82 valence electrons. The number of hydrogen-bond donors (Lipinski definition) is 2. The maximum absolute atomic E-state index is 11.1. The van der Waals surface area contributed by atoms with Crippen molar-refractivity contribution in [3.05, 3.63) is 0 Å². The summed E-state index contributed by atoms with van der Waals surface area (Å²) in [6, 6.07) is 0. The van der Waals surface area contributed by atoms with Crippen LogP contribution in [0.5, 0.6) is 0 Å². The zero-order valence-electron chi connectivity index (χ0n) is 9.39. The van der Waals surface area contributed by atoms with E-state index in [4.69, 9.17) is 0 Å². The van der Waals surface area contributed by atoms with Crippen LogP contribution >= 0.6 is 0 Å². The summed E-state index contributed by atoms with van der Waals surface area (Å²) in [4.78, 5) is 13.5. The van der Waals surface area contributed by atoms with Crippen molar-refractivity contribution in [2.45, 2.75) is 25.8 Å². The van der Waals surface area contributed by atoms with Gasteiger partial charge in [-0.3, -0.25) is 9.69 Å². The van der Waals surface area contributed by atoms with Crippen LogP contribution in [-0.4, -0.2) is 49.6 Å². The van der Waals surface area contributed by atoms with Crippen LogP contribution in [0, 0.1) is 0 Å². The number of hydrogen-bond acceptors (Lipinski definition) is 3. The average molecular weight is 199 g/mol. The normalized spacial score (nSPS) is 21.9. The molecule has 1 amide bonds. The van der Waals surface area contributed by atoms with E-state index in [1.807, 2.05) is 0 Å². The van der Waals surface area contributed by atoms with Crippen LogP contribution in [0.4, 0.5) is 0 Å². The molecule has 0 spiro atoms. The monoisotopic (exact) mass is 199 g/mol. The molecule has 1 aliphatic rings. The van der Waals surface area contributed by atoms with Gasteiger partial charge in [0.1, 0.15) is 0 Å². The number of piperazine rings is 1. The standard InChI is InChI=1S/C10H21N3O/c1-10(2)8-12-5-7-13(10)6-4-9(14)11-3/h12H,4-8H2,1-3H3,(H,11,14). The van der Waals surface area contributed by atoms with E-state index in [0.717, 1.165) is 26.2 Å². The largest absolute Gasteiger partial charge is 0.359 e. The molecule has 0 atom stereocenters. The van der Waals surface area contributed by atoms with Gasteiger partial charge < -0.3 is 10.6 Å². The third kappa shape index (κ3) is 2.96. The van der Waals surface area contributed by atoms with Gasteiger partial charge in [-0.1, -0.05) is 0 Å². The molecule has 1 heterocycles. The van der Waals surface area contributed by atoms with Crippen molar-refractivity contribution in [2.24, 2.45) is 0 Å². The second-order valence-corrected chi connectivity index (χ2v) is 4.40. The fraction of sp³-hybridized carbons (Fsp3) is 0.900. The molecule has 1 fully saturated rings. The molecule has 1 aliphatic heterocycles. The van der Waals surface area contributed by atoms with Gasteiger partial charge in [0.05, 0.1) is 0 Å². The summed E-state index contributed by atoms with van der Waals surface area (Å²) in [6.45, 7) is 8.34. The summed E-state index contributed by atoms with van der Waals surface area (Å²) in [5.74, 6) is 0.124. The van der Waals surface area contributed by atoms with E-state index in [2.05, 4.69) is 29.4 Å².